The number of nitrogens with one attached hydrogen (secondary N) is 1. The lowest BCUT2D eigenvalue weighted by atomic mass is 9.87. The Morgan fingerprint density at radius 3 is 2.20 bits per heavy atom. The maximum Gasteiger partial charge on any atom is 0.326 e. The number of carboxylic acids is 2. The Bertz CT molecular complexity index is 377. The van der Waals surface area contributed by atoms with Crippen molar-refractivity contribution in [2.24, 2.45) is 5.92 Å². The molecule has 0 saturated heterocycles. The van der Waals surface area contributed by atoms with E-state index in [0.29, 0.717) is 5.92 Å². The van der Waals surface area contributed by atoms with Crippen molar-refractivity contribution in [1.29, 1.82) is 0 Å². The van der Waals surface area contributed by atoms with E-state index in [-0.39, 0.29) is 6.04 Å². The Labute approximate surface area is 117 Å². The van der Waals surface area contributed by atoms with Crippen LogP contribution >= 0.6 is 0 Å². The number of nitrogens with zero attached hydrogens (tertiary/aromatic N) is 1. The first-order valence-corrected chi connectivity index (χ1v) is 6.79. The zero-order valence-electron chi connectivity index (χ0n) is 11.8. The second kappa shape index (κ2) is 7.12. The lowest BCUT2D eigenvalue weighted by molar-refractivity contribution is -0.145. The van der Waals surface area contributed by atoms with Gasteiger partial charge in [-0.3, -0.25) is 4.79 Å². The molecule has 1 aliphatic carbocycles. The summed E-state index contributed by atoms with van der Waals surface area (Å²) in [5.74, 6) is -1.94. The predicted octanol–water partition coefficient (Wildman–Crippen LogP) is 1.13. The summed E-state index contributed by atoms with van der Waals surface area (Å²) in [6, 6.07) is -1.84. The molecule has 0 radical (unpaired) electrons. The molecule has 7 heteroatoms. The van der Waals surface area contributed by atoms with Crippen molar-refractivity contribution >= 4 is 18.0 Å². The van der Waals surface area contributed by atoms with Crippen LogP contribution in [0, 0.1) is 5.92 Å². The van der Waals surface area contributed by atoms with E-state index in [0.717, 1.165) is 25.7 Å². The molecule has 0 aromatic heterocycles. The summed E-state index contributed by atoms with van der Waals surface area (Å²) in [4.78, 5) is 35.0. The fraction of sp³-hybridized carbons (Fsp3) is 0.769. The van der Waals surface area contributed by atoms with Gasteiger partial charge in [0, 0.05) is 13.1 Å². The van der Waals surface area contributed by atoms with Crippen LogP contribution in [0.25, 0.3) is 0 Å². The highest BCUT2D eigenvalue weighted by atomic mass is 16.4. The van der Waals surface area contributed by atoms with Crippen molar-refractivity contribution in [3.8, 4) is 0 Å². The minimum absolute atomic E-state index is 0.0884. The SMILES string of the molecule is CC1CCC(N(C)C(=O)N[C@H](CC(=O)O)C(=O)O)CC1. The molecule has 0 unspecified atom stereocenters. The Morgan fingerprint density at radius 2 is 1.75 bits per heavy atom. The van der Waals surface area contributed by atoms with Gasteiger partial charge in [0.1, 0.15) is 6.04 Å². The number of hydrogen-bond donors (Lipinski definition) is 3. The van der Waals surface area contributed by atoms with Gasteiger partial charge in [-0.15, -0.1) is 0 Å². The third kappa shape index (κ3) is 4.71. The second-order valence-corrected chi connectivity index (χ2v) is 5.46. The number of aliphatic carboxylic acids is 2. The van der Waals surface area contributed by atoms with Gasteiger partial charge in [0.25, 0.3) is 0 Å². The lowest BCUT2D eigenvalue weighted by Gasteiger charge is -2.34. The zero-order chi connectivity index (χ0) is 15.3. The van der Waals surface area contributed by atoms with Crippen LogP contribution < -0.4 is 5.32 Å². The number of amides is 2. The van der Waals surface area contributed by atoms with Crippen LogP contribution in [0.2, 0.25) is 0 Å². The predicted molar refractivity (Wildman–Crippen MR) is 71.4 cm³/mol. The van der Waals surface area contributed by atoms with Crippen molar-refractivity contribution in [3.05, 3.63) is 0 Å². The minimum atomic E-state index is -1.40. The van der Waals surface area contributed by atoms with E-state index < -0.39 is 30.4 Å². The molecule has 0 bridgehead atoms. The lowest BCUT2D eigenvalue weighted by Crippen LogP contribution is -2.51. The summed E-state index contributed by atoms with van der Waals surface area (Å²) < 4.78 is 0. The second-order valence-electron chi connectivity index (χ2n) is 5.46. The molecule has 1 fully saturated rings. The van der Waals surface area contributed by atoms with E-state index in [2.05, 4.69) is 12.2 Å². The molecule has 0 aromatic carbocycles. The van der Waals surface area contributed by atoms with Crippen LogP contribution in [0.5, 0.6) is 0 Å². The number of hydrogen-bond acceptors (Lipinski definition) is 3. The summed E-state index contributed by atoms with van der Waals surface area (Å²) in [7, 11) is 1.62. The summed E-state index contributed by atoms with van der Waals surface area (Å²) >= 11 is 0. The fourth-order valence-electron chi connectivity index (χ4n) is 2.42. The van der Waals surface area contributed by atoms with Gasteiger partial charge in [0.15, 0.2) is 0 Å². The van der Waals surface area contributed by atoms with Gasteiger partial charge in [-0.05, 0) is 31.6 Å². The van der Waals surface area contributed by atoms with Crippen molar-refractivity contribution in [2.45, 2.75) is 51.1 Å². The molecule has 1 atom stereocenters. The quantitative estimate of drug-likeness (QED) is 0.702. The van der Waals surface area contributed by atoms with E-state index in [1.165, 1.54) is 4.90 Å². The zero-order valence-corrected chi connectivity index (χ0v) is 11.8. The summed E-state index contributed by atoms with van der Waals surface area (Å²) in [6.07, 6.45) is 3.24. The highest BCUT2D eigenvalue weighted by Crippen LogP contribution is 2.26. The van der Waals surface area contributed by atoms with Crippen molar-refractivity contribution in [2.75, 3.05) is 7.05 Å². The Balaban J connectivity index is 2.55. The molecule has 114 valence electrons. The van der Waals surface area contributed by atoms with Crippen LogP contribution in [0.4, 0.5) is 4.79 Å². The molecule has 7 nitrogen and oxygen atoms in total. The smallest absolute Gasteiger partial charge is 0.326 e. The van der Waals surface area contributed by atoms with Crippen molar-refractivity contribution in [3.63, 3.8) is 0 Å². The van der Waals surface area contributed by atoms with Gasteiger partial charge in [0.2, 0.25) is 0 Å². The first-order valence-electron chi connectivity index (χ1n) is 6.79. The van der Waals surface area contributed by atoms with Gasteiger partial charge >= 0.3 is 18.0 Å². The van der Waals surface area contributed by atoms with Gasteiger partial charge in [0.05, 0.1) is 6.42 Å². The molecular weight excluding hydrogens is 264 g/mol. The molecule has 0 heterocycles. The molecule has 3 N–H and O–H groups in total. The summed E-state index contributed by atoms with van der Waals surface area (Å²) in [6.45, 7) is 2.17. The first kappa shape index (κ1) is 16.3. The number of carboxylic acid groups (broad SMARTS) is 2. The van der Waals surface area contributed by atoms with Crippen molar-refractivity contribution < 1.29 is 24.6 Å². The van der Waals surface area contributed by atoms with Gasteiger partial charge < -0.3 is 20.4 Å². The van der Waals surface area contributed by atoms with E-state index in [1.54, 1.807) is 7.05 Å². The maximum absolute atomic E-state index is 12.0. The molecule has 1 rings (SSSR count). The number of carbonyl (C=O) groups excluding carboxylic acids is 1. The molecular formula is C13H22N2O5. The molecule has 0 spiro atoms. The highest BCUT2D eigenvalue weighted by molar-refractivity contribution is 5.86. The van der Waals surface area contributed by atoms with E-state index in [4.69, 9.17) is 10.2 Å². The number of urea groups is 1. The molecule has 1 saturated carbocycles. The van der Waals surface area contributed by atoms with Gasteiger partial charge in [-0.2, -0.15) is 0 Å². The van der Waals surface area contributed by atoms with Gasteiger partial charge in [-0.1, -0.05) is 6.92 Å². The van der Waals surface area contributed by atoms with Crippen LogP contribution in [-0.4, -0.2) is 52.2 Å². The first-order chi connectivity index (χ1) is 9.31. The third-order valence-corrected chi connectivity index (χ3v) is 3.83. The largest absolute Gasteiger partial charge is 0.481 e. The summed E-state index contributed by atoms with van der Waals surface area (Å²) in [5.41, 5.74) is 0. The number of rotatable bonds is 5. The molecule has 2 amide bonds. The molecule has 0 aliphatic heterocycles. The normalized spacial score (nSPS) is 23.7. The van der Waals surface area contributed by atoms with E-state index >= 15 is 0 Å². The average Bonchev–Trinajstić information content (AvgIpc) is 2.37. The Morgan fingerprint density at radius 1 is 1.20 bits per heavy atom. The van der Waals surface area contributed by atoms with Crippen LogP contribution in [-0.2, 0) is 9.59 Å². The fourth-order valence-corrected chi connectivity index (χ4v) is 2.42. The van der Waals surface area contributed by atoms with Crippen LogP contribution in [0.3, 0.4) is 0 Å². The summed E-state index contributed by atoms with van der Waals surface area (Å²) in [5, 5.41) is 19.8. The molecule has 0 aromatic rings. The Hall–Kier alpha value is -1.79. The van der Waals surface area contributed by atoms with Crippen LogP contribution in [0.1, 0.15) is 39.0 Å². The highest BCUT2D eigenvalue weighted by Gasteiger charge is 2.28. The number of carbonyl (C=O) groups is 3. The molecule has 1 aliphatic rings. The molecule has 20 heavy (non-hydrogen) atoms. The third-order valence-electron chi connectivity index (χ3n) is 3.83. The average molecular weight is 286 g/mol. The maximum atomic E-state index is 12.0. The van der Waals surface area contributed by atoms with Crippen LogP contribution in [0.15, 0.2) is 0 Å². The Kier molecular flexibility index (Phi) is 5.79. The monoisotopic (exact) mass is 286 g/mol. The van der Waals surface area contributed by atoms with Crippen molar-refractivity contribution in [1.82, 2.24) is 10.2 Å². The van der Waals surface area contributed by atoms with E-state index in [1.807, 2.05) is 0 Å². The van der Waals surface area contributed by atoms with Gasteiger partial charge in [-0.25, -0.2) is 9.59 Å². The van der Waals surface area contributed by atoms with E-state index in [9.17, 15) is 14.4 Å². The minimum Gasteiger partial charge on any atom is -0.481 e. The topological polar surface area (TPSA) is 107 Å². The standard InChI is InChI=1S/C13H22N2O5/c1-8-3-5-9(6-4-8)15(2)13(20)14-10(12(18)19)7-11(16)17/h8-10H,3-7H2,1-2H3,(H,14,20)(H,16,17)(H,18,19)/t8?,9?,10-/m1/s1.